The zero-order valence-electron chi connectivity index (χ0n) is 13.0. The van der Waals surface area contributed by atoms with Crippen molar-refractivity contribution in [2.24, 2.45) is 0 Å². The van der Waals surface area contributed by atoms with Crippen molar-refractivity contribution in [1.82, 2.24) is 5.32 Å². The lowest BCUT2D eigenvalue weighted by atomic mass is 9.95. The summed E-state index contributed by atoms with van der Waals surface area (Å²) in [6.45, 7) is 2.59. The second-order valence-electron chi connectivity index (χ2n) is 6.27. The summed E-state index contributed by atoms with van der Waals surface area (Å²) in [5, 5.41) is 2.94. The molecule has 0 unspecified atom stereocenters. The van der Waals surface area contributed by atoms with Crippen LogP contribution in [0.1, 0.15) is 22.8 Å². The van der Waals surface area contributed by atoms with Crippen LogP contribution in [0.25, 0.3) is 0 Å². The Kier molecular flexibility index (Phi) is 3.34. The molecule has 0 bridgehead atoms. The molecular formula is C19H19NO3. The first-order valence-corrected chi connectivity index (χ1v) is 7.89. The van der Waals surface area contributed by atoms with Crippen LogP contribution >= 0.6 is 0 Å². The SMILES string of the molecule is Cc1ccccc1O[C@H]1c2ccccc2C[C@@]12CNC(=O)CO2. The van der Waals surface area contributed by atoms with Gasteiger partial charge < -0.3 is 14.8 Å². The number of morpholine rings is 1. The molecule has 2 aromatic carbocycles. The number of rotatable bonds is 2. The van der Waals surface area contributed by atoms with Gasteiger partial charge in [0.2, 0.25) is 5.91 Å². The molecule has 1 fully saturated rings. The highest BCUT2D eigenvalue weighted by atomic mass is 16.6. The Morgan fingerprint density at radius 1 is 1.17 bits per heavy atom. The minimum absolute atomic E-state index is 0.0683. The Labute approximate surface area is 135 Å². The molecular weight excluding hydrogens is 290 g/mol. The molecule has 1 amide bonds. The number of carbonyl (C=O) groups excluding carboxylic acids is 1. The molecule has 2 aliphatic rings. The molecule has 1 saturated heterocycles. The van der Waals surface area contributed by atoms with Crippen molar-refractivity contribution < 1.29 is 14.3 Å². The van der Waals surface area contributed by atoms with E-state index >= 15 is 0 Å². The number of hydrogen-bond acceptors (Lipinski definition) is 3. The molecule has 1 aliphatic heterocycles. The number of para-hydroxylation sites is 1. The molecule has 2 aromatic rings. The summed E-state index contributed by atoms with van der Waals surface area (Å²) in [5.41, 5.74) is 2.93. The van der Waals surface area contributed by atoms with Gasteiger partial charge in [-0.05, 0) is 29.7 Å². The van der Waals surface area contributed by atoms with E-state index in [4.69, 9.17) is 9.47 Å². The van der Waals surface area contributed by atoms with Crippen LogP contribution in [0.4, 0.5) is 0 Å². The third-order valence-corrected chi connectivity index (χ3v) is 4.72. The van der Waals surface area contributed by atoms with Gasteiger partial charge in [0.15, 0.2) is 6.10 Å². The minimum Gasteiger partial charge on any atom is -0.482 e. The zero-order chi connectivity index (χ0) is 15.9. The van der Waals surface area contributed by atoms with Crippen molar-refractivity contribution in [2.75, 3.05) is 13.2 Å². The lowest BCUT2D eigenvalue weighted by Crippen LogP contribution is -2.55. The van der Waals surface area contributed by atoms with E-state index in [1.165, 1.54) is 5.56 Å². The minimum atomic E-state index is -0.528. The van der Waals surface area contributed by atoms with Gasteiger partial charge in [-0.15, -0.1) is 0 Å². The fourth-order valence-electron chi connectivity index (χ4n) is 3.48. The van der Waals surface area contributed by atoms with E-state index in [0.29, 0.717) is 6.54 Å². The predicted octanol–water partition coefficient (Wildman–Crippen LogP) is 2.56. The van der Waals surface area contributed by atoms with Crippen LogP contribution < -0.4 is 10.1 Å². The highest BCUT2D eigenvalue weighted by Crippen LogP contribution is 2.45. The lowest BCUT2D eigenvalue weighted by molar-refractivity contribution is -0.156. The average molecular weight is 309 g/mol. The van der Waals surface area contributed by atoms with Crippen molar-refractivity contribution >= 4 is 5.91 Å². The summed E-state index contributed by atoms with van der Waals surface area (Å²) in [5.74, 6) is 0.787. The third kappa shape index (κ3) is 2.39. The normalized spacial score (nSPS) is 26.0. The van der Waals surface area contributed by atoms with Gasteiger partial charge in [0.1, 0.15) is 18.0 Å². The topological polar surface area (TPSA) is 47.6 Å². The molecule has 4 nitrogen and oxygen atoms in total. The Hall–Kier alpha value is -2.33. The van der Waals surface area contributed by atoms with E-state index in [-0.39, 0.29) is 18.6 Å². The van der Waals surface area contributed by atoms with Crippen LogP contribution in [0.3, 0.4) is 0 Å². The second kappa shape index (κ2) is 5.39. The Morgan fingerprint density at radius 2 is 1.96 bits per heavy atom. The number of fused-ring (bicyclic) bond motifs is 1. The molecule has 0 radical (unpaired) electrons. The molecule has 1 aliphatic carbocycles. The summed E-state index contributed by atoms with van der Waals surface area (Å²) in [4.78, 5) is 11.5. The van der Waals surface area contributed by atoms with Gasteiger partial charge in [-0.3, -0.25) is 4.79 Å². The van der Waals surface area contributed by atoms with Gasteiger partial charge >= 0.3 is 0 Å². The van der Waals surface area contributed by atoms with Crippen molar-refractivity contribution in [3.8, 4) is 5.75 Å². The van der Waals surface area contributed by atoms with E-state index in [1.54, 1.807) is 0 Å². The molecule has 1 spiro atoms. The van der Waals surface area contributed by atoms with Gasteiger partial charge in [-0.1, -0.05) is 42.5 Å². The summed E-state index contributed by atoms with van der Waals surface area (Å²) >= 11 is 0. The van der Waals surface area contributed by atoms with E-state index in [9.17, 15) is 4.79 Å². The summed E-state index contributed by atoms with van der Waals surface area (Å²) < 4.78 is 12.4. The van der Waals surface area contributed by atoms with Crippen molar-refractivity contribution in [2.45, 2.75) is 25.0 Å². The third-order valence-electron chi connectivity index (χ3n) is 4.72. The molecule has 0 saturated carbocycles. The predicted molar refractivity (Wildman–Crippen MR) is 86.4 cm³/mol. The van der Waals surface area contributed by atoms with Crippen molar-refractivity contribution in [3.05, 3.63) is 65.2 Å². The summed E-state index contributed by atoms with van der Waals surface area (Å²) in [7, 11) is 0. The van der Waals surface area contributed by atoms with Crippen LogP contribution in [-0.4, -0.2) is 24.7 Å². The molecule has 1 N–H and O–H groups in total. The number of hydrogen-bond donors (Lipinski definition) is 1. The Bertz CT molecular complexity index is 746. The maximum absolute atomic E-state index is 11.5. The zero-order valence-corrected chi connectivity index (χ0v) is 13.0. The van der Waals surface area contributed by atoms with Crippen molar-refractivity contribution in [3.63, 3.8) is 0 Å². The molecule has 1 heterocycles. The molecule has 118 valence electrons. The van der Waals surface area contributed by atoms with E-state index in [0.717, 1.165) is 23.3 Å². The van der Waals surface area contributed by atoms with Gasteiger partial charge in [0.05, 0.1) is 6.54 Å². The highest BCUT2D eigenvalue weighted by Gasteiger charge is 2.51. The van der Waals surface area contributed by atoms with Crippen LogP contribution in [-0.2, 0) is 16.0 Å². The maximum atomic E-state index is 11.5. The molecule has 2 atom stereocenters. The van der Waals surface area contributed by atoms with Gasteiger partial charge in [0, 0.05) is 6.42 Å². The lowest BCUT2D eigenvalue weighted by Gasteiger charge is -2.38. The summed E-state index contributed by atoms with van der Waals surface area (Å²) in [6, 6.07) is 16.2. The van der Waals surface area contributed by atoms with Crippen molar-refractivity contribution in [1.29, 1.82) is 0 Å². The fraction of sp³-hybridized carbons (Fsp3) is 0.316. The first-order chi connectivity index (χ1) is 11.2. The smallest absolute Gasteiger partial charge is 0.246 e. The number of carbonyl (C=O) groups is 1. The van der Waals surface area contributed by atoms with Crippen LogP contribution in [0.15, 0.2) is 48.5 Å². The van der Waals surface area contributed by atoms with E-state index in [2.05, 4.69) is 17.4 Å². The quantitative estimate of drug-likeness (QED) is 0.927. The fourth-order valence-corrected chi connectivity index (χ4v) is 3.48. The van der Waals surface area contributed by atoms with Gasteiger partial charge in [0.25, 0.3) is 0 Å². The molecule has 4 rings (SSSR count). The van der Waals surface area contributed by atoms with Gasteiger partial charge in [-0.2, -0.15) is 0 Å². The molecule has 23 heavy (non-hydrogen) atoms. The number of benzene rings is 2. The maximum Gasteiger partial charge on any atom is 0.246 e. The monoisotopic (exact) mass is 309 g/mol. The second-order valence-corrected chi connectivity index (χ2v) is 6.27. The molecule has 0 aromatic heterocycles. The van der Waals surface area contributed by atoms with Crippen LogP contribution in [0.5, 0.6) is 5.75 Å². The average Bonchev–Trinajstić information content (AvgIpc) is 2.86. The van der Waals surface area contributed by atoms with Gasteiger partial charge in [-0.25, -0.2) is 0 Å². The number of aryl methyl sites for hydroxylation is 1. The number of nitrogens with one attached hydrogen (secondary N) is 1. The van der Waals surface area contributed by atoms with E-state index in [1.807, 2.05) is 43.3 Å². The Balaban J connectivity index is 1.73. The van der Waals surface area contributed by atoms with E-state index < -0.39 is 5.60 Å². The molecule has 4 heteroatoms. The first kappa shape index (κ1) is 14.3. The standard InChI is InChI=1S/C19H19NO3/c1-13-6-2-5-9-16(13)23-18-15-8-4-3-7-14(15)10-19(18)12-20-17(21)11-22-19/h2-9,18H,10-12H2,1H3,(H,20,21)/t18-,19+/m0/s1. The number of amides is 1. The van der Waals surface area contributed by atoms with Crippen LogP contribution in [0.2, 0.25) is 0 Å². The van der Waals surface area contributed by atoms with Crippen LogP contribution in [0, 0.1) is 6.92 Å². The Morgan fingerprint density at radius 3 is 2.74 bits per heavy atom. The highest BCUT2D eigenvalue weighted by molar-refractivity contribution is 5.78. The number of ether oxygens (including phenoxy) is 2. The first-order valence-electron chi connectivity index (χ1n) is 7.89. The summed E-state index contributed by atoms with van der Waals surface area (Å²) in [6.07, 6.45) is 0.528. The largest absolute Gasteiger partial charge is 0.482 e.